The molecule has 2 heterocycles. The summed E-state index contributed by atoms with van der Waals surface area (Å²) in [7, 11) is -3.74. The summed E-state index contributed by atoms with van der Waals surface area (Å²) >= 11 is 1.18. The zero-order chi connectivity index (χ0) is 20.5. The van der Waals surface area contributed by atoms with Crippen molar-refractivity contribution in [3.05, 3.63) is 59.0 Å². The van der Waals surface area contributed by atoms with Gasteiger partial charge in [0, 0.05) is 17.3 Å². The van der Waals surface area contributed by atoms with Crippen LogP contribution in [0.25, 0.3) is 0 Å². The average molecular weight is 421 g/mol. The van der Waals surface area contributed by atoms with E-state index in [4.69, 9.17) is 10.2 Å². The van der Waals surface area contributed by atoms with E-state index in [1.54, 1.807) is 32.2 Å². The number of carbonyl (C=O) groups is 1. The van der Waals surface area contributed by atoms with Gasteiger partial charge in [0.05, 0.1) is 16.0 Å². The quantitative estimate of drug-likeness (QED) is 0.561. The van der Waals surface area contributed by atoms with Gasteiger partial charge in [-0.1, -0.05) is 0 Å². The summed E-state index contributed by atoms with van der Waals surface area (Å²) in [6.45, 7) is 5.25. The number of aromatic nitrogens is 1. The second kappa shape index (κ2) is 7.38. The maximum Gasteiger partial charge on any atom is 0.263 e. The highest BCUT2D eigenvalue weighted by Gasteiger charge is 2.23. The summed E-state index contributed by atoms with van der Waals surface area (Å²) in [6, 6.07) is 7.45. The second-order valence-corrected chi connectivity index (χ2v) is 9.30. The van der Waals surface area contributed by atoms with Gasteiger partial charge in [-0.2, -0.15) is 0 Å². The highest BCUT2D eigenvalue weighted by Crippen LogP contribution is 2.25. The van der Waals surface area contributed by atoms with Crippen molar-refractivity contribution in [3.63, 3.8) is 0 Å². The minimum absolute atomic E-state index is 0.0624. The number of nitrogens with one attached hydrogen (secondary N) is 2. The van der Waals surface area contributed by atoms with Gasteiger partial charge >= 0.3 is 0 Å². The van der Waals surface area contributed by atoms with E-state index in [1.165, 1.54) is 41.8 Å². The molecule has 0 aliphatic rings. The number of benzene rings is 1. The van der Waals surface area contributed by atoms with E-state index in [0.717, 1.165) is 0 Å². The first-order valence-corrected chi connectivity index (χ1v) is 10.7. The molecule has 0 atom stereocenters. The molecule has 148 valence electrons. The number of amides is 1. The molecule has 0 saturated carbocycles. The van der Waals surface area contributed by atoms with Gasteiger partial charge in [-0.05, 0) is 51.1 Å². The third kappa shape index (κ3) is 4.41. The lowest BCUT2D eigenvalue weighted by molar-refractivity contribution is 0.102. The smallest absolute Gasteiger partial charge is 0.263 e. The van der Waals surface area contributed by atoms with Crippen LogP contribution < -0.4 is 15.8 Å². The molecule has 28 heavy (non-hydrogen) atoms. The highest BCUT2D eigenvalue weighted by atomic mass is 32.2. The molecule has 0 spiro atoms. The van der Waals surface area contributed by atoms with E-state index < -0.39 is 15.6 Å². The van der Waals surface area contributed by atoms with Crippen LogP contribution in [0.1, 0.15) is 35.7 Å². The number of hydrogen-bond acceptors (Lipinski definition) is 7. The number of aryl methyl sites for hydroxylation is 1. The van der Waals surface area contributed by atoms with Gasteiger partial charge in [0.2, 0.25) is 0 Å². The Kier molecular flexibility index (Phi) is 5.28. The molecular formula is C18H20N4O4S2. The van der Waals surface area contributed by atoms with Crippen LogP contribution >= 0.6 is 11.3 Å². The lowest BCUT2D eigenvalue weighted by Crippen LogP contribution is -2.27. The summed E-state index contributed by atoms with van der Waals surface area (Å²) in [5.41, 5.74) is 6.12. The Hall–Kier alpha value is -2.69. The van der Waals surface area contributed by atoms with Crippen LogP contribution in [0.4, 0.5) is 10.8 Å². The molecule has 8 nitrogen and oxygen atoms in total. The molecular weight excluding hydrogens is 400 g/mol. The zero-order valence-corrected chi connectivity index (χ0v) is 17.1. The van der Waals surface area contributed by atoms with Crippen LogP contribution in [-0.2, 0) is 15.6 Å². The molecule has 1 aromatic carbocycles. The normalized spacial score (nSPS) is 12.0. The molecule has 0 unspecified atom stereocenters. The van der Waals surface area contributed by atoms with E-state index in [1.807, 2.05) is 0 Å². The van der Waals surface area contributed by atoms with Crippen molar-refractivity contribution in [2.24, 2.45) is 5.73 Å². The predicted molar refractivity (Wildman–Crippen MR) is 108 cm³/mol. The molecule has 2 aromatic heterocycles. The topological polar surface area (TPSA) is 127 Å². The van der Waals surface area contributed by atoms with Gasteiger partial charge < -0.3 is 15.5 Å². The third-order valence-electron chi connectivity index (χ3n) is 3.87. The molecule has 1 amide bonds. The van der Waals surface area contributed by atoms with Crippen molar-refractivity contribution in [1.29, 1.82) is 0 Å². The SMILES string of the molecule is Cc1oc(C(C)(C)N)cc1C(=O)Nc1ccc(S(=O)(=O)Nc2nccs2)cc1. The number of nitrogens with two attached hydrogens (primary N) is 1. The summed E-state index contributed by atoms with van der Waals surface area (Å²) in [4.78, 5) is 16.5. The largest absolute Gasteiger partial charge is 0.464 e. The Balaban J connectivity index is 1.74. The number of nitrogens with zero attached hydrogens (tertiary/aromatic N) is 1. The van der Waals surface area contributed by atoms with Gasteiger partial charge in [0.1, 0.15) is 11.5 Å². The summed E-state index contributed by atoms with van der Waals surface area (Å²) in [6.07, 6.45) is 1.51. The minimum atomic E-state index is -3.74. The fourth-order valence-electron chi connectivity index (χ4n) is 2.39. The Morgan fingerprint density at radius 3 is 2.46 bits per heavy atom. The van der Waals surface area contributed by atoms with Crippen LogP contribution in [0.2, 0.25) is 0 Å². The molecule has 4 N–H and O–H groups in total. The molecule has 0 fully saturated rings. The fourth-order valence-corrected chi connectivity index (χ4v) is 4.18. The number of hydrogen-bond donors (Lipinski definition) is 3. The van der Waals surface area contributed by atoms with Gasteiger partial charge in [-0.15, -0.1) is 11.3 Å². The second-order valence-electron chi connectivity index (χ2n) is 6.72. The standard InChI is InChI=1S/C18H20N4O4S2/c1-11-14(10-15(26-11)18(2,3)19)16(23)21-12-4-6-13(7-5-12)28(24,25)22-17-20-8-9-27-17/h4-10H,19H2,1-3H3,(H,20,22)(H,21,23). The maximum atomic E-state index is 12.5. The first-order chi connectivity index (χ1) is 13.1. The number of rotatable bonds is 6. The van der Waals surface area contributed by atoms with Crippen molar-refractivity contribution in [2.45, 2.75) is 31.2 Å². The van der Waals surface area contributed by atoms with Crippen molar-refractivity contribution < 1.29 is 17.6 Å². The van der Waals surface area contributed by atoms with Gasteiger partial charge in [-0.3, -0.25) is 9.52 Å². The Bertz CT molecular complexity index is 1080. The molecule has 10 heteroatoms. The monoisotopic (exact) mass is 420 g/mol. The van der Waals surface area contributed by atoms with Crippen molar-refractivity contribution in [3.8, 4) is 0 Å². The van der Waals surface area contributed by atoms with E-state index in [-0.39, 0.29) is 15.9 Å². The number of carbonyl (C=O) groups excluding carboxylic acids is 1. The van der Waals surface area contributed by atoms with E-state index in [9.17, 15) is 13.2 Å². The summed E-state index contributed by atoms with van der Waals surface area (Å²) in [5.74, 6) is 0.594. The van der Waals surface area contributed by atoms with E-state index >= 15 is 0 Å². The van der Waals surface area contributed by atoms with Crippen molar-refractivity contribution >= 4 is 38.1 Å². The summed E-state index contributed by atoms with van der Waals surface area (Å²) in [5, 5.41) is 4.68. The van der Waals surface area contributed by atoms with Crippen LogP contribution in [-0.4, -0.2) is 19.3 Å². The number of sulfonamides is 1. The maximum absolute atomic E-state index is 12.5. The van der Waals surface area contributed by atoms with Crippen molar-refractivity contribution in [1.82, 2.24) is 4.98 Å². The zero-order valence-electron chi connectivity index (χ0n) is 15.5. The Morgan fingerprint density at radius 1 is 1.25 bits per heavy atom. The average Bonchev–Trinajstić information content (AvgIpc) is 3.24. The minimum Gasteiger partial charge on any atom is -0.464 e. The first kappa shape index (κ1) is 20.1. The van der Waals surface area contributed by atoms with Crippen molar-refractivity contribution in [2.75, 3.05) is 10.0 Å². The molecule has 0 aliphatic carbocycles. The molecule has 3 aromatic rings. The van der Waals surface area contributed by atoms with E-state index in [2.05, 4.69) is 15.0 Å². The van der Waals surface area contributed by atoms with E-state index in [0.29, 0.717) is 22.8 Å². The van der Waals surface area contributed by atoms with Gasteiger partial charge in [0.15, 0.2) is 5.13 Å². The highest BCUT2D eigenvalue weighted by molar-refractivity contribution is 7.93. The number of thiazole rings is 1. The lowest BCUT2D eigenvalue weighted by Gasteiger charge is -2.14. The van der Waals surface area contributed by atoms with Crippen LogP contribution in [0.5, 0.6) is 0 Å². The Morgan fingerprint density at radius 2 is 1.93 bits per heavy atom. The predicted octanol–water partition coefficient (Wildman–Crippen LogP) is 3.29. The molecule has 3 rings (SSSR count). The molecule has 0 aliphatic heterocycles. The lowest BCUT2D eigenvalue weighted by atomic mass is 10.0. The number of furan rings is 1. The first-order valence-electron chi connectivity index (χ1n) is 8.30. The van der Waals surface area contributed by atoms with Gasteiger partial charge in [0.25, 0.3) is 15.9 Å². The number of anilines is 2. The molecule has 0 saturated heterocycles. The van der Waals surface area contributed by atoms with Crippen LogP contribution in [0.3, 0.4) is 0 Å². The Labute approximate surface area is 166 Å². The summed E-state index contributed by atoms with van der Waals surface area (Å²) < 4.78 is 32.6. The molecule has 0 bridgehead atoms. The van der Waals surface area contributed by atoms with Crippen LogP contribution in [0.15, 0.2) is 51.2 Å². The third-order valence-corrected chi connectivity index (χ3v) is 6.05. The fraction of sp³-hybridized carbons (Fsp3) is 0.222. The van der Waals surface area contributed by atoms with Crippen LogP contribution in [0, 0.1) is 6.92 Å². The van der Waals surface area contributed by atoms with Gasteiger partial charge in [-0.25, -0.2) is 13.4 Å². The molecule has 0 radical (unpaired) electrons.